The van der Waals surface area contributed by atoms with Crippen molar-refractivity contribution in [2.24, 2.45) is 0 Å². The molecule has 6 heteroatoms. The molecule has 0 aliphatic carbocycles. The van der Waals surface area contributed by atoms with Crippen LogP contribution in [0.2, 0.25) is 0 Å². The lowest BCUT2D eigenvalue weighted by atomic mass is 10.1. The lowest BCUT2D eigenvalue weighted by molar-refractivity contribution is -0.137. The van der Waals surface area contributed by atoms with E-state index in [-0.39, 0.29) is 18.1 Å². The van der Waals surface area contributed by atoms with Crippen molar-refractivity contribution in [1.29, 1.82) is 0 Å². The highest BCUT2D eigenvalue weighted by atomic mass is 19.4. The fraction of sp³-hybridized carbons (Fsp3) is 0.222. The van der Waals surface area contributed by atoms with E-state index in [1.165, 1.54) is 0 Å². The zero-order chi connectivity index (χ0) is 11.1. The largest absolute Gasteiger partial charge is 0.456 e. The van der Waals surface area contributed by atoms with Crippen LogP contribution >= 0.6 is 0 Å². The Hall–Kier alpha value is -1.72. The van der Waals surface area contributed by atoms with Crippen LogP contribution in [0.25, 0.3) is 0 Å². The summed E-state index contributed by atoms with van der Waals surface area (Å²) in [5, 5.41) is 0. The van der Waals surface area contributed by atoms with Crippen LogP contribution < -0.4 is 4.74 Å². The molecule has 1 aromatic carbocycles. The maximum absolute atomic E-state index is 12.3. The maximum Gasteiger partial charge on any atom is 0.416 e. The van der Waals surface area contributed by atoms with Gasteiger partial charge >= 0.3 is 12.1 Å². The Morgan fingerprint density at radius 2 is 1.93 bits per heavy atom. The van der Waals surface area contributed by atoms with E-state index in [1.807, 2.05) is 0 Å². The molecule has 0 radical (unpaired) electrons. The summed E-state index contributed by atoms with van der Waals surface area (Å²) in [4.78, 5) is 11.1. The van der Waals surface area contributed by atoms with Gasteiger partial charge in [0, 0.05) is 0 Å². The molecule has 0 saturated carbocycles. The third-order valence-electron chi connectivity index (χ3n) is 1.93. The number of hydrogen-bond donors (Lipinski definition) is 0. The molecule has 0 saturated heterocycles. The van der Waals surface area contributed by atoms with E-state index in [9.17, 15) is 18.0 Å². The topological polar surface area (TPSA) is 35.5 Å². The number of alkyl halides is 3. The summed E-state index contributed by atoms with van der Waals surface area (Å²) in [6, 6.07) is 2.64. The van der Waals surface area contributed by atoms with Crippen molar-refractivity contribution in [2.75, 3.05) is 6.79 Å². The van der Waals surface area contributed by atoms with Gasteiger partial charge in [0.1, 0.15) is 11.3 Å². The number of carbonyl (C=O) groups excluding carboxylic acids is 1. The molecule has 80 valence electrons. The molecule has 0 spiro atoms. The second-order valence-electron chi connectivity index (χ2n) is 2.90. The highest BCUT2D eigenvalue weighted by Gasteiger charge is 2.32. The van der Waals surface area contributed by atoms with E-state index in [0.717, 1.165) is 18.2 Å². The van der Waals surface area contributed by atoms with Crippen molar-refractivity contribution in [3.05, 3.63) is 29.3 Å². The van der Waals surface area contributed by atoms with Crippen LogP contribution in [-0.2, 0) is 10.9 Å². The Morgan fingerprint density at radius 3 is 2.60 bits per heavy atom. The predicted molar refractivity (Wildman–Crippen MR) is 42.4 cm³/mol. The van der Waals surface area contributed by atoms with E-state index in [1.54, 1.807) is 0 Å². The lowest BCUT2D eigenvalue weighted by Crippen LogP contribution is -2.19. The zero-order valence-electron chi connectivity index (χ0n) is 7.30. The molecule has 2 rings (SSSR count). The summed E-state index contributed by atoms with van der Waals surface area (Å²) >= 11 is 0. The summed E-state index contributed by atoms with van der Waals surface area (Å²) in [6.07, 6.45) is -4.44. The number of halogens is 3. The molecule has 15 heavy (non-hydrogen) atoms. The summed E-state index contributed by atoms with van der Waals surface area (Å²) < 4.78 is 46.1. The molecule has 0 fully saturated rings. The first kappa shape index (κ1) is 9.82. The summed E-state index contributed by atoms with van der Waals surface area (Å²) in [5.41, 5.74) is -0.842. The van der Waals surface area contributed by atoms with Gasteiger partial charge in [0.25, 0.3) is 0 Å². The second kappa shape index (κ2) is 3.15. The minimum absolute atomic E-state index is 0.00856. The first-order valence-corrected chi connectivity index (χ1v) is 3.99. The quantitative estimate of drug-likeness (QED) is 0.626. The molecular formula is C9H5F3O3. The second-order valence-corrected chi connectivity index (χ2v) is 2.90. The molecule has 0 bridgehead atoms. The lowest BCUT2D eigenvalue weighted by Gasteiger charge is -2.17. The standard InChI is InChI=1S/C9H5F3O3/c10-9(11,12)5-1-2-6-7(3-5)14-4-15-8(6)13/h1-3H,4H2. The third-order valence-corrected chi connectivity index (χ3v) is 1.93. The van der Waals surface area contributed by atoms with Gasteiger partial charge in [0.05, 0.1) is 5.56 Å². The molecule has 1 aliphatic heterocycles. The Bertz CT molecular complexity index is 412. The van der Waals surface area contributed by atoms with Crippen molar-refractivity contribution in [3.63, 3.8) is 0 Å². The molecule has 1 heterocycles. The first-order chi connectivity index (χ1) is 6.98. The molecule has 0 atom stereocenters. The molecule has 1 aliphatic rings. The predicted octanol–water partition coefficient (Wildman–Crippen LogP) is 2.21. The molecule has 0 aromatic heterocycles. The van der Waals surface area contributed by atoms with E-state index < -0.39 is 17.7 Å². The molecule has 0 amide bonds. The molecule has 1 aromatic rings. The minimum atomic E-state index is -4.44. The highest BCUT2D eigenvalue weighted by Crippen LogP contribution is 2.34. The summed E-state index contributed by atoms with van der Waals surface area (Å²) in [5.74, 6) is -0.772. The first-order valence-electron chi connectivity index (χ1n) is 3.99. The van der Waals surface area contributed by atoms with Gasteiger partial charge in [-0.1, -0.05) is 0 Å². The van der Waals surface area contributed by atoms with Gasteiger partial charge in [-0.15, -0.1) is 0 Å². The number of hydrogen-bond acceptors (Lipinski definition) is 3. The van der Waals surface area contributed by atoms with Crippen molar-refractivity contribution in [1.82, 2.24) is 0 Å². The van der Waals surface area contributed by atoms with Gasteiger partial charge in [-0.25, -0.2) is 4.79 Å². The van der Waals surface area contributed by atoms with Crippen molar-refractivity contribution >= 4 is 5.97 Å². The smallest absolute Gasteiger partial charge is 0.416 e. The molecular weight excluding hydrogens is 213 g/mol. The highest BCUT2D eigenvalue weighted by molar-refractivity contribution is 5.93. The summed E-state index contributed by atoms with van der Waals surface area (Å²) in [6.45, 7) is -0.354. The Balaban J connectivity index is 2.46. The van der Waals surface area contributed by atoms with Gasteiger partial charge < -0.3 is 9.47 Å². The Morgan fingerprint density at radius 1 is 1.20 bits per heavy atom. The zero-order valence-corrected chi connectivity index (χ0v) is 7.30. The van der Waals surface area contributed by atoms with E-state index in [2.05, 4.69) is 4.74 Å². The average molecular weight is 218 g/mol. The Kier molecular flexibility index (Phi) is 2.06. The monoisotopic (exact) mass is 218 g/mol. The number of carbonyl (C=O) groups is 1. The average Bonchev–Trinajstić information content (AvgIpc) is 2.16. The normalized spacial score (nSPS) is 15.3. The molecule has 3 nitrogen and oxygen atoms in total. The summed E-state index contributed by atoms with van der Waals surface area (Å²) in [7, 11) is 0. The minimum Gasteiger partial charge on any atom is -0.456 e. The SMILES string of the molecule is O=C1OCOc2cc(C(F)(F)F)ccc21. The number of benzene rings is 1. The van der Waals surface area contributed by atoms with Crippen LogP contribution in [0.3, 0.4) is 0 Å². The van der Waals surface area contributed by atoms with Crippen molar-refractivity contribution in [2.45, 2.75) is 6.18 Å². The van der Waals surface area contributed by atoms with E-state index >= 15 is 0 Å². The van der Waals surface area contributed by atoms with Gasteiger partial charge in [0.2, 0.25) is 6.79 Å². The third kappa shape index (κ3) is 1.74. The van der Waals surface area contributed by atoms with Gasteiger partial charge in [-0.3, -0.25) is 0 Å². The fourth-order valence-corrected chi connectivity index (χ4v) is 1.21. The van der Waals surface area contributed by atoms with Crippen LogP contribution in [0.1, 0.15) is 15.9 Å². The number of rotatable bonds is 0. The number of fused-ring (bicyclic) bond motifs is 1. The molecule has 0 unspecified atom stereocenters. The Labute approximate surface area is 82.4 Å². The number of esters is 1. The van der Waals surface area contributed by atoms with Crippen LogP contribution in [-0.4, -0.2) is 12.8 Å². The van der Waals surface area contributed by atoms with Crippen LogP contribution in [0.15, 0.2) is 18.2 Å². The molecule has 0 N–H and O–H groups in total. The van der Waals surface area contributed by atoms with Crippen molar-refractivity contribution < 1.29 is 27.4 Å². The van der Waals surface area contributed by atoms with Crippen LogP contribution in [0, 0.1) is 0 Å². The maximum atomic E-state index is 12.3. The fourth-order valence-electron chi connectivity index (χ4n) is 1.21. The van der Waals surface area contributed by atoms with Crippen LogP contribution in [0.5, 0.6) is 5.75 Å². The van der Waals surface area contributed by atoms with Crippen molar-refractivity contribution in [3.8, 4) is 5.75 Å². The van der Waals surface area contributed by atoms with Gasteiger partial charge in [-0.05, 0) is 18.2 Å². The van der Waals surface area contributed by atoms with E-state index in [0.29, 0.717) is 0 Å². The van der Waals surface area contributed by atoms with Crippen LogP contribution in [0.4, 0.5) is 13.2 Å². The van der Waals surface area contributed by atoms with Gasteiger partial charge in [0.15, 0.2) is 0 Å². The number of cyclic esters (lactones) is 1. The van der Waals surface area contributed by atoms with Gasteiger partial charge in [-0.2, -0.15) is 13.2 Å². The van der Waals surface area contributed by atoms with E-state index in [4.69, 9.17) is 4.74 Å². The number of ether oxygens (including phenoxy) is 2.